The third kappa shape index (κ3) is 1.04. The second kappa shape index (κ2) is 2.45. The van der Waals surface area contributed by atoms with E-state index in [0.29, 0.717) is 6.67 Å². The molecular formula is C7H11N3O. The van der Waals surface area contributed by atoms with Crippen molar-refractivity contribution in [2.24, 2.45) is 4.99 Å². The molecule has 1 saturated heterocycles. The zero-order chi connectivity index (χ0) is 7.68. The van der Waals surface area contributed by atoms with Crippen LogP contribution in [0.5, 0.6) is 0 Å². The van der Waals surface area contributed by atoms with E-state index in [4.69, 9.17) is 4.74 Å². The molecule has 0 amide bonds. The zero-order valence-electron chi connectivity index (χ0n) is 6.48. The lowest BCUT2D eigenvalue weighted by Crippen LogP contribution is -2.40. The molecular weight excluding hydrogens is 142 g/mol. The van der Waals surface area contributed by atoms with Crippen LogP contribution in [0.25, 0.3) is 0 Å². The zero-order valence-corrected chi connectivity index (χ0v) is 6.48. The largest absolute Gasteiger partial charge is 0.486 e. The monoisotopic (exact) mass is 153 g/mol. The summed E-state index contributed by atoms with van der Waals surface area (Å²) in [6.45, 7) is 4.24. The fourth-order valence-corrected chi connectivity index (χ4v) is 1.20. The highest BCUT2D eigenvalue weighted by Gasteiger charge is 2.19. The lowest BCUT2D eigenvalue weighted by Gasteiger charge is -2.25. The second-order valence-electron chi connectivity index (χ2n) is 2.57. The smallest absolute Gasteiger partial charge is 0.179 e. The summed E-state index contributed by atoms with van der Waals surface area (Å²) >= 11 is 0. The van der Waals surface area contributed by atoms with Gasteiger partial charge in [0.1, 0.15) is 13.3 Å². The third-order valence-corrected chi connectivity index (χ3v) is 1.78. The van der Waals surface area contributed by atoms with Gasteiger partial charge in [0, 0.05) is 0 Å². The predicted octanol–water partition coefficient (Wildman–Crippen LogP) is -0.203. The summed E-state index contributed by atoms with van der Waals surface area (Å²) in [6.07, 6.45) is 0. The number of ether oxygens (including phenoxy) is 1. The number of nitrogens with zero attached hydrogens (tertiary/aromatic N) is 1. The van der Waals surface area contributed by atoms with Crippen molar-refractivity contribution in [2.45, 2.75) is 6.92 Å². The molecule has 2 heterocycles. The Kier molecular flexibility index (Phi) is 1.45. The summed E-state index contributed by atoms with van der Waals surface area (Å²) in [6, 6.07) is 0. The molecule has 0 aromatic carbocycles. The van der Waals surface area contributed by atoms with Gasteiger partial charge in [-0.1, -0.05) is 0 Å². The Hall–Kier alpha value is -1.19. The maximum absolute atomic E-state index is 5.42. The number of fused-ring (bicyclic) bond motifs is 1. The molecule has 4 nitrogen and oxygen atoms in total. The Morgan fingerprint density at radius 2 is 2.36 bits per heavy atom. The summed E-state index contributed by atoms with van der Waals surface area (Å²) in [5, 5.41) is 6.29. The van der Waals surface area contributed by atoms with Gasteiger partial charge in [-0.3, -0.25) is 0 Å². The minimum Gasteiger partial charge on any atom is -0.486 e. The van der Waals surface area contributed by atoms with Crippen LogP contribution in [0.15, 0.2) is 16.4 Å². The molecule has 0 spiro atoms. The molecule has 2 aliphatic heterocycles. The molecule has 2 aliphatic rings. The van der Waals surface area contributed by atoms with Gasteiger partial charge in [0.15, 0.2) is 11.6 Å². The van der Waals surface area contributed by atoms with Crippen molar-refractivity contribution < 1.29 is 4.74 Å². The van der Waals surface area contributed by atoms with Gasteiger partial charge >= 0.3 is 0 Å². The SMILES string of the molecule is CC1=C2OCCNC2=NCN1. The van der Waals surface area contributed by atoms with Crippen molar-refractivity contribution >= 4 is 5.84 Å². The maximum atomic E-state index is 5.42. The van der Waals surface area contributed by atoms with Gasteiger partial charge in [0.25, 0.3) is 0 Å². The first-order valence-corrected chi connectivity index (χ1v) is 3.74. The number of hydrogen-bond donors (Lipinski definition) is 2. The van der Waals surface area contributed by atoms with Gasteiger partial charge in [-0.15, -0.1) is 0 Å². The van der Waals surface area contributed by atoms with Crippen molar-refractivity contribution in [2.75, 3.05) is 19.8 Å². The molecule has 0 bridgehead atoms. The molecule has 0 saturated carbocycles. The number of nitrogens with one attached hydrogen (secondary N) is 2. The third-order valence-electron chi connectivity index (χ3n) is 1.78. The molecule has 4 heteroatoms. The number of aliphatic imine (C=N–C) groups is 1. The van der Waals surface area contributed by atoms with E-state index in [1.54, 1.807) is 0 Å². The van der Waals surface area contributed by atoms with E-state index in [0.717, 1.165) is 30.4 Å². The van der Waals surface area contributed by atoms with E-state index < -0.39 is 0 Å². The topological polar surface area (TPSA) is 45.6 Å². The van der Waals surface area contributed by atoms with E-state index in [1.807, 2.05) is 6.92 Å². The van der Waals surface area contributed by atoms with E-state index in [-0.39, 0.29) is 0 Å². The fraction of sp³-hybridized carbons (Fsp3) is 0.571. The first-order valence-electron chi connectivity index (χ1n) is 3.74. The van der Waals surface area contributed by atoms with Crippen molar-refractivity contribution in [3.63, 3.8) is 0 Å². The van der Waals surface area contributed by atoms with Crippen LogP contribution >= 0.6 is 0 Å². The van der Waals surface area contributed by atoms with Crippen LogP contribution in [-0.4, -0.2) is 25.7 Å². The summed E-state index contributed by atoms with van der Waals surface area (Å²) in [5.41, 5.74) is 1.07. The van der Waals surface area contributed by atoms with E-state index >= 15 is 0 Å². The molecule has 2 rings (SSSR count). The predicted molar refractivity (Wildman–Crippen MR) is 42.1 cm³/mol. The Morgan fingerprint density at radius 3 is 3.18 bits per heavy atom. The summed E-state index contributed by atoms with van der Waals surface area (Å²) in [7, 11) is 0. The number of allylic oxidation sites excluding steroid dienone is 1. The summed E-state index contributed by atoms with van der Waals surface area (Å²) in [5.74, 6) is 1.77. The molecule has 0 aliphatic carbocycles. The molecule has 1 fully saturated rings. The standard InChI is InChI=1S/C7H11N3O/c1-5-6-7(10-4-9-5)8-2-3-11-6/h9H,2-4H2,1H3,(H,8,10). The second-order valence-corrected chi connectivity index (χ2v) is 2.57. The first-order chi connectivity index (χ1) is 5.38. The normalized spacial score (nSPS) is 22.5. The van der Waals surface area contributed by atoms with Crippen LogP contribution in [0.4, 0.5) is 0 Å². The maximum Gasteiger partial charge on any atom is 0.179 e. The van der Waals surface area contributed by atoms with Gasteiger partial charge < -0.3 is 15.4 Å². The minimum absolute atomic E-state index is 0.654. The fourth-order valence-electron chi connectivity index (χ4n) is 1.20. The van der Waals surface area contributed by atoms with Crippen LogP contribution in [0.2, 0.25) is 0 Å². The minimum atomic E-state index is 0.654. The van der Waals surface area contributed by atoms with Crippen molar-refractivity contribution in [1.82, 2.24) is 10.6 Å². The van der Waals surface area contributed by atoms with Gasteiger partial charge in [-0.25, -0.2) is 4.99 Å². The quantitative estimate of drug-likeness (QED) is 0.506. The van der Waals surface area contributed by atoms with Gasteiger partial charge in [0.2, 0.25) is 0 Å². The lowest BCUT2D eigenvalue weighted by molar-refractivity contribution is 0.212. The molecule has 0 aromatic rings. The summed E-state index contributed by atoms with van der Waals surface area (Å²) < 4.78 is 5.42. The van der Waals surface area contributed by atoms with E-state index in [1.165, 1.54) is 0 Å². The Labute approximate surface area is 65.3 Å². The number of morpholine rings is 1. The van der Waals surface area contributed by atoms with Gasteiger partial charge in [-0.2, -0.15) is 0 Å². The number of hydrogen-bond acceptors (Lipinski definition) is 4. The molecule has 0 atom stereocenters. The highest BCUT2D eigenvalue weighted by Crippen LogP contribution is 2.11. The molecule has 0 unspecified atom stereocenters. The van der Waals surface area contributed by atoms with E-state index in [9.17, 15) is 0 Å². The number of amidine groups is 1. The molecule has 0 aromatic heterocycles. The Morgan fingerprint density at radius 1 is 1.45 bits per heavy atom. The summed E-state index contributed by atoms with van der Waals surface area (Å²) in [4.78, 5) is 4.21. The molecule has 0 radical (unpaired) electrons. The van der Waals surface area contributed by atoms with Crippen LogP contribution in [-0.2, 0) is 4.74 Å². The van der Waals surface area contributed by atoms with Crippen LogP contribution in [0, 0.1) is 0 Å². The Bertz CT molecular complexity index is 232. The van der Waals surface area contributed by atoms with Gasteiger partial charge in [0.05, 0.1) is 12.2 Å². The Balaban J connectivity index is 2.29. The van der Waals surface area contributed by atoms with Crippen LogP contribution in [0.3, 0.4) is 0 Å². The lowest BCUT2D eigenvalue weighted by atomic mass is 10.3. The molecule has 11 heavy (non-hydrogen) atoms. The highest BCUT2D eigenvalue weighted by molar-refractivity contribution is 5.98. The van der Waals surface area contributed by atoms with Crippen LogP contribution in [0.1, 0.15) is 6.92 Å². The average Bonchev–Trinajstić information content (AvgIpc) is 2.06. The molecule has 2 N–H and O–H groups in total. The molecule has 60 valence electrons. The van der Waals surface area contributed by atoms with Crippen molar-refractivity contribution in [3.8, 4) is 0 Å². The van der Waals surface area contributed by atoms with Crippen LogP contribution < -0.4 is 10.6 Å². The average molecular weight is 153 g/mol. The van der Waals surface area contributed by atoms with Gasteiger partial charge in [-0.05, 0) is 6.92 Å². The van der Waals surface area contributed by atoms with Crippen molar-refractivity contribution in [1.29, 1.82) is 0 Å². The highest BCUT2D eigenvalue weighted by atomic mass is 16.5. The number of rotatable bonds is 0. The van der Waals surface area contributed by atoms with E-state index in [2.05, 4.69) is 15.6 Å². The first kappa shape index (κ1) is 6.52. The van der Waals surface area contributed by atoms with Crippen molar-refractivity contribution in [3.05, 3.63) is 11.5 Å².